The topological polar surface area (TPSA) is 78.4 Å². The Bertz CT molecular complexity index is 549. The maximum atomic E-state index is 13.2. The number of carboxylic acids is 1. The van der Waals surface area contributed by atoms with Crippen molar-refractivity contribution in [2.45, 2.75) is 13.0 Å². The maximum Gasteiger partial charge on any atom is 0.325 e. The summed E-state index contributed by atoms with van der Waals surface area (Å²) in [6.07, 6.45) is 0. The highest BCUT2D eigenvalue weighted by Crippen LogP contribution is 2.26. The molecule has 1 atom stereocenters. The average molecular weight is 298 g/mol. The van der Waals surface area contributed by atoms with Crippen LogP contribution in [0.3, 0.4) is 0 Å². The molecule has 0 aliphatic carbocycles. The number of aliphatic carboxylic acids is 1. The number of hydrogen-bond donors (Lipinski definition) is 3. The van der Waals surface area contributed by atoms with Gasteiger partial charge in [-0.25, -0.2) is 26.7 Å². The van der Waals surface area contributed by atoms with Gasteiger partial charge in [0.15, 0.2) is 23.3 Å². The fourth-order valence-corrected chi connectivity index (χ4v) is 1.12. The van der Waals surface area contributed by atoms with Crippen LogP contribution in [0.25, 0.3) is 0 Å². The molecule has 0 saturated heterocycles. The quantitative estimate of drug-likeness (QED) is 0.453. The molecule has 3 N–H and O–H groups in total. The van der Waals surface area contributed by atoms with Crippen molar-refractivity contribution in [2.75, 3.05) is 5.32 Å². The highest BCUT2D eigenvalue weighted by Gasteiger charge is 2.27. The number of nitrogens with one attached hydrogen (secondary N) is 2. The molecule has 1 rings (SSSR count). The normalized spacial score (nSPS) is 11.9. The molecule has 1 aromatic rings. The van der Waals surface area contributed by atoms with Gasteiger partial charge in [0.05, 0.1) is 0 Å². The van der Waals surface area contributed by atoms with E-state index in [2.05, 4.69) is 0 Å². The molecule has 2 amide bonds. The number of carbonyl (C=O) groups is 2. The zero-order valence-corrected chi connectivity index (χ0v) is 9.73. The first-order chi connectivity index (χ1) is 9.16. The molecule has 5 nitrogen and oxygen atoms in total. The van der Waals surface area contributed by atoms with E-state index >= 15 is 0 Å². The van der Waals surface area contributed by atoms with Crippen LogP contribution >= 0.6 is 0 Å². The Balaban J connectivity index is 3.05. The smallest absolute Gasteiger partial charge is 0.325 e. The lowest BCUT2D eigenvalue weighted by Gasteiger charge is -2.12. The fraction of sp³-hybridized carbons (Fsp3) is 0.200. The van der Waals surface area contributed by atoms with Gasteiger partial charge in [-0.05, 0) is 6.92 Å². The number of halogens is 5. The second kappa shape index (κ2) is 5.72. The molecular formula is C10H7F5N2O3. The first-order valence-corrected chi connectivity index (χ1v) is 4.98. The number of benzene rings is 1. The summed E-state index contributed by atoms with van der Waals surface area (Å²) >= 11 is 0. The molecular weight excluding hydrogens is 291 g/mol. The largest absolute Gasteiger partial charge is 0.480 e. The molecule has 0 unspecified atom stereocenters. The van der Waals surface area contributed by atoms with Crippen LogP contribution in [0.15, 0.2) is 0 Å². The van der Waals surface area contributed by atoms with Crippen LogP contribution in [0.2, 0.25) is 0 Å². The van der Waals surface area contributed by atoms with E-state index in [4.69, 9.17) is 5.11 Å². The van der Waals surface area contributed by atoms with Crippen molar-refractivity contribution in [2.24, 2.45) is 0 Å². The highest BCUT2D eigenvalue weighted by molar-refractivity contribution is 5.92. The van der Waals surface area contributed by atoms with E-state index in [1.165, 1.54) is 5.32 Å². The van der Waals surface area contributed by atoms with Crippen LogP contribution < -0.4 is 10.6 Å². The number of urea groups is 1. The standard InChI is InChI=1S/C10H7F5N2O3/c1-2(9(18)19)16-10(20)17-8-6(14)4(12)3(11)5(13)7(8)15/h2H,1H3,(H,18,19)(H2,16,17,20)/t2-/m1/s1. The van der Waals surface area contributed by atoms with E-state index in [-0.39, 0.29) is 0 Å². The summed E-state index contributed by atoms with van der Waals surface area (Å²) in [6, 6.07) is -2.88. The summed E-state index contributed by atoms with van der Waals surface area (Å²) in [5.41, 5.74) is -1.57. The van der Waals surface area contributed by atoms with Crippen LogP contribution in [0.5, 0.6) is 0 Å². The molecule has 0 heterocycles. The van der Waals surface area contributed by atoms with Crippen LogP contribution in [-0.2, 0) is 4.79 Å². The van der Waals surface area contributed by atoms with Crippen LogP contribution in [-0.4, -0.2) is 23.1 Å². The van der Waals surface area contributed by atoms with Gasteiger partial charge in [-0.15, -0.1) is 0 Å². The Morgan fingerprint density at radius 3 is 1.75 bits per heavy atom. The van der Waals surface area contributed by atoms with E-state index < -0.39 is 52.8 Å². The van der Waals surface area contributed by atoms with E-state index in [9.17, 15) is 31.5 Å². The van der Waals surface area contributed by atoms with Gasteiger partial charge in [0.2, 0.25) is 5.82 Å². The molecule has 10 heteroatoms. The molecule has 0 fully saturated rings. The molecule has 0 aliphatic heterocycles. The number of hydrogen-bond acceptors (Lipinski definition) is 2. The second-order valence-electron chi connectivity index (χ2n) is 3.60. The Morgan fingerprint density at radius 2 is 1.35 bits per heavy atom. The zero-order valence-electron chi connectivity index (χ0n) is 9.73. The van der Waals surface area contributed by atoms with Crippen molar-refractivity contribution < 1.29 is 36.6 Å². The lowest BCUT2D eigenvalue weighted by molar-refractivity contribution is -0.138. The minimum Gasteiger partial charge on any atom is -0.480 e. The van der Waals surface area contributed by atoms with E-state index in [1.807, 2.05) is 0 Å². The molecule has 0 radical (unpaired) electrons. The fourth-order valence-electron chi connectivity index (χ4n) is 1.12. The summed E-state index contributed by atoms with van der Waals surface area (Å²) in [5.74, 6) is -12.8. The van der Waals surface area contributed by atoms with Gasteiger partial charge in [-0.1, -0.05) is 0 Å². The molecule has 0 saturated carbocycles. The van der Waals surface area contributed by atoms with Gasteiger partial charge in [0.25, 0.3) is 0 Å². The molecule has 20 heavy (non-hydrogen) atoms. The average Bonchev–Trinajstić information content (AvgIpc) is 2.39. The highest BCUT2D eigenvalue weighted by atomic mass is 19.2. The Hall–Kier alpha value is -2.39. The van der Waals surface area contributed by atoms with Crippen LogP contribution in [0, 0.1) is 29.1 Å². The number of amides is 2. The monoisotopic (exact) mass is 298 g/mol. The zero-order chi connectivity index (χ0) is 15.6. The summed E-state index contributed by atoms with van der Waals surface area (Å²) < 4.78 is 64.7. The minimum absolute atomic E-state index is 1.03. The number of carbonyl (C=O) groups excluding carboxylic acids is 1. The van der Waals surface area contributed by atoms with Gasteiger partial charge in [-0.3, -0.25) is 4.79 Å². The van der Waals surface area contributed by atoms with Crippen molar-refractivity contribution in [3.63, 3.8) is 0 Å². The third-order valence-corrected chi connectivity index (χ3v) is 2.17. The molecule has 0 aromatic heterocycles. The van der Waals surface area contributed by atoms with Crippen molar-refractivity contribution in [3.8, 4) is 0 Å². The number of carboxylic acid groups (broad SMARTS) is 1. The third kappa shape index (κ3) is 2.95. The lowest BCUT2D eigenvalue weighted by Crippen LogP contribution is -2.41. The van der Waals surface area contributed by atoms with Crippen LogP contribution in [0.4, 0.5) is 32.4 Å². The van der Waals surface area contributed by atoms with E-state index in [0.29, 0.717) is 0 Å². The van der Waals surface area contributed by atoms with Crippen molar-refractivity contribution in [3.05, 3.63) is 29.1 Å². The van der Waals surface area contributed by atoms with Gasteiger partial charge in [0.1, 0.15) is 11.7 Å². The number of anilines is 1. The lowest BCUT2D eigenvalue weighted by atomic mass is 10.2. The Morgan fingerprint density at radius 1 is 0.950 bits per heavy atom. The molecule has 110 valence electrons. The molecule has 0 spiro atoms. The first-order valence-electron chi connectivity index (χ1n) is 4.98. The molecule has 0 bridgehead atoms. The predicted molar refractivity (Wildman–Crippen MR) is 55.5 cm³/mol. The van der Waals surface area contributed by atoms with Gasteiger partial charge in [-0.2, -0.15) is 0 Å². The second-order valence-corrected chi connectivity index (χ2v) is 3.60. The SMILES string of the molecule is C[C@@H](NC(=O)Nc1c(F)c(F)c(F)c(F)c1F)C(=O)O. The molecule has 1 aromatic carbocycles. The van der Waals surface area contributed by atoms with Crippen molar-refractivity contribution in [1.29, 1.82) is 0 Å². The van der Waals surface area contributed by atoms with Crippen molar-refractivity contribution in [1.82, 2.24) is 5.32 Å². The van der Waals surface area contributed by atoms with E-state index in [1.54, 1.807) is 5.32 Å². The Labute approximate surface area is 108 Å². The Kier molecular flexibility index (Phi) is 4.48. The summed E-state index contributed by atoms with van der Waals surface area (Å²) in [7, 11) is 0. The summed E-state index contributed by atoms with van der Waals surface area (Å²) in [6.45, 7) is 1.03. The molecule has 0 aliphatic rings. The van der Waals surface area contributed by atoms with Gasteiger partial charge < -0.3 is 15.7 Å². The summed E-state index contributed by atoms with van der Waals surface area (Å²) in [5, 5.41) is 11.5. The van der Waals surface area contributed by atoms with Gasteiger partial charge in [0, 0.05) is 0 Å². The predicted octanol–water partition coefficient (Wildman–Crippen LogP) is 1.98. The minimum atomic E-state index is -2.37. The van der Waals surface area contributed by atoms with E-state index in [0.717, 1.165) is 6.92 Å². The van der Waals surface area contributed by atoms with Gasteiger partial charge >= 0.3 is 12.0 Å². The first kappa shape index (κ1) is 15.7. The third-order valence-electron chi connectivity index (χ3n) is 2.17. The maximum absolute atomic E-state index is 13.2. The van der Waals surface area contributed by atoms with Crippen LogP contribution in [0.1, 0.15) is 6.92 Å². The van der Waals surface area contributed by atoms with Crippen molar-refractivity contribution >= 4 is 17.7 Å². The summed E-state index contributed by atoms with van der Waals surface area (Å²) in [4.78, 5) is 21.6. The number of rotatable bonds is 3.